The first-order chi connectivity index (χ1) is 15.8. The van der Waals surface area contributed by atoms with Gasteiger partial charge in [0.15, 0.2) is 0 Å². The van der Waals surface area contributed by atoms with Crippen LogP contribution >= 0.6 is 0 Å². The second-order valence-corrected chi connectivity index (χ2v) is 7.95. The third kappa shape index (κ3) is 1.72. The SMILES string of the molecule is N#Cc1c(C#N)c2c3ccccc3n3c4ccccc4c(=O)n4c5ccccc5c1c4c23. The molecule has 5 nitrogen and oxygen atoms in total. The molecule has 0 atom stereocenters. The van der Waals surface area contributed by atoms with Crippen LogP contribution in [0.1, 0.15) is 11.1 Å². The van der Waals surface area contributed by atoms with Crippen molar-refractivity contribution in [3.05, 3.63) is 94.3 Å². The van der Waals surface area contributed by atoms with Gasteiger partial charge in [0, 0.05) is 21.5 Å². The average Bonchev–Trinajstić information content (AvgIpc) is 3.33. The molecule has 0 amide bonds. The number of hydrogen-bond donors (Lipinski definition) is 0. The number of benzene rings is 4. The average molecular weight is 408 g/mol. The zero-order valence-corrected chi connectivity index (χ0v) is 16.6. The van der Waals surface area contributed by atoms with E-state index in [1.54, 1.807) is 4.40 Å². The molecule has 5 heteroatoms. The van der Waals surface area contributed by atoms with Crippen LogP contribution in [0.15, 0.2) is 77.6 Å². The number of para-hydroxylation sites is 3. The molecule has 7 aromatic rings. The van der Waals surface area contributed by atoms with E-state index in [2.05, 4.69) is 16.5 Å². The third-order valence-electron chi connectivity index (χ3n) is 6.53. The molecule has 0 spiro atoms. The van der Waals surface area contributed by atoms with Crippen LogP contribution in [-0.2, 0) is 0 Å². The number of aromatic nitrogens is 2. The lowest BCUT2D eigenvalue weighted by Gasteiger charge is -2.04. The molecule has 0 aliphatic rings. The van der Waals surface area contributed by atoms with Crippen LogP contribution in [0.5, 0.6) is 0 Å². The Bertz CT molecular complexity index is 2080. The van der Waals surface area contributed by atoms with Crippen LogP contribution < -0.4 is 5.56 Å². The molecule has 0 radical (unpaired) electrons. The summed E-state index contributed by atoms with van der Waals surface area (Å²) in [4.78, 5) is 13.9. The van der Waals surface area contributed by atoms with Crippen LogP contribution in [-0.4, -0.2) is 8.80 Å². The first-order valence-corrected chi connectivity index (χ1v) is 10.2. The normalized spacial score (nSPS) is 11.8. The van der Waals surface area contributed by atoms with E-state index in [-0.39, 0.29) is 5.56 Å². The summed E-state index contributed by atoms with van der Waals surface area (Å²) >= 11 is 0. The first kappa shape index (κ1) is 16.9. The van der Waals surface area contributed by atoms with Crippen molar-refractivity contribution in [2.75, 3.05) is 0 Å². The fraction of sp³-hybridized carbons (Fsp3) is 0. The van der Waals surface area contributed by atoms with Gasteiger partial charge in [0.25, 0.3) is 5.56 Å². The van der Waals surface area contributed by atoms with Gasteiger partial charge >= 0.3 is 0 Å². The van der Waals surface area contributed by atoms with E-state index >= 15 is 0 Å². The van der Waals surface area contributed by atoms with E-state index in [9.17, 15) is 15.3 Å². The first-order valence-electron chi connectivity index (χ1n) is 10.2. The van der Waals surface area contributed by atoms with Crippen LogP contribution in [0, 0.1) is 22.7 Å². The third-order valence-corrected chi connectivity index (χ3v) is 6.53. The maximum absolute atomic E-state index is 13.9. The number of hydrogen-bond acceptors (Lipinski definition) is 3. The molecule has 32 heavy (non-hydrogen) atoms. The summed E-state index contributed by atoms with van der Waals surface area (Å²) in [5.74, 6) is 0. The van der Waals surface area contributed by atoms with Crippen molar-refractivity contribution in [1.29, 1.82) is 10.5 Å². The highest BCUT2D eigenvalue weighted by Gasteiger charge is 2.26. The number of nitriles is 2. The minimum Gasteiger partial charge on any atom is -0.306 e. The highest BCUT2D eigenvalue weighted by atomic mass is 16.1. The van der Waals surface area contributed by atoms with Gasteiger partial charge in [0.05, 0.1) is 44.1 Å². The van der Waals surface area contributed by atoms with Gasteiger partial charge in [-0.2, -0.15) is 10.5 Å². The molecule has 3 heterocycles. The Kier molecular flexibility index (Phi) is 2.97. The van der Waals surface area contributed by atoms with Crippen molar-refractivity contribution in [2.45, 2.75) is 0 Å². The summed E-state index contributed by atoms with van der Waals surface area (Å²) in [6, 6.07) is 27.6. The molecule has 0 aliphatic carbocycles. The molecule has 146 valence electrons. The second kappa shape index (κ2) is 5.63. The molecule has 0 saturated carbocycles. The number of nitrogens with zero attached hydrogens (tertiary/aromatic N) is 4. The molecule has 0 unspecified atom stereocenters. The Morgan fingerprint density at radius 1 is 0.562 bits per heavy atom. The lowest BCUT2D eigenvalue weighted by atomic mass is 9.97. The molecular weight excluding hydrogens is 396 g/mol. The summed E-state index contributed by atoms with van der Waals surface area (Å²) in [6.45, 7) is 0. The van der Waals surface area contributed by atoms with Gasteiger partial charge < -0.3 is 4.40 Å². The van der Waals surface area contributed by atoms with Crippen molar-refractivity contribution < 1.29 is 0 Å². The summed E-state index contributed by atoms with van der Waals surface area (Å²) in [7, 11) is 0. The minimum absolute atomic E-state index is 0.144. The molecular formula is C27H12N4O. The Hall–Kier alpha value is -4.87. The number of fused-ring (bicyclic) bond motifs is 8. The van der Waals surface area contributed by atoms with E-state index in [0.717, 1.165) is 32.8 Å². The zero-order valence-electron chi connectivity index (χ0n) is 16.6. The maximum atomic E-state index is 13.9. The Morgan fingerprint density at radius 2 is 0.969 bits per heavy atom. The minimum atomic E-state index is -0.144. The quantitative estimate of drug-likeness (QED) is 0.340. The lowest BCUT2D eigenvalue weighted by Crippen LogP contribution is -2.09. The predicted molar refractivity (Wildman–Crippen MR) is 125 cm³/mol. The van der Waals surface area contributed by atoms with Crippen LogP contribution in [0.4, 0.5) is 0 Å². The zero-order chi connectivity index (χ0) is 21.6. The molecule has 7 rings (SSSR count). The highest BCUT2D eigenvalue weighted by molar-refractivity contribution is 6.27. The molecule has 0 saturated heterocycles. The molecule has 0 bridgehead atoms. The lowest BCUT2D eigenvalue weighted by molar-refractivity contribution is 1.21. The topological polar surface area (TPSA) is 73.5 Å². The van der Waals surface area contributed by atoms with Crippen LogP contribution in [0.25, 0.3) is 54.5 Å². The van der Waals surface area contributed by atoms with E-state index < -0.39 is 0 Å². The monoisotopic (exact) mass is 408 g/mol. The molecule has 0 fully saturated rings. The smallest absolute Gasteiger partial charge is 0.265 e. The summed E-state index contributed by atoms with van der Waals surface area (Å²) < 4.78 is 3.79. The fourth-order valence-corrected chi connectivity index (χ4v) is 5.34. The highest BCUT2D eigenvalue weighted by Crippen LogP contribution is 2.43. The fourth-order valence-electron chi connectivity index (χ4n) is 5.34. The van der Waals surface area contributed by atoms with Crippen LogP contribution in [0.2, 0.25) is 0 Å². The van der Waals surface area contributed by atoms with Gasteiger partial charge in [-0.05, 0) is 24.3 Å². The van der Waals surface area contributed by atoms with E-state index in [1.165, 1.54) is 0 Å². The molecule has 0 aliphatic heterocycles. The van der Waals surface area contributed by atoms with E-state index in [0.29, 0.717) is 32.8 Å². The van der Waals surface area contributed by atoms with Gasteiger partial charge in [-0.3, -0.25) is 9.20 Å². The molecule has 0 N–H and O–H groups in total. The van der Waals surface area contributed by atoms with E-state index in [1.807, 2.05) is 72.8 Å². The van der Waals surface area contributed by atoms with Crippen molar-refractivity contribution in [1.82, 2.24) is 8.80 Å². The Balaban J connectivity index is 2.11. The van der Waals surface area contributed by atoms with Gasteiger partial charge in [-0.15, -0.1) is 0 Å². The van der Waals surface area contributed by atoms with Gasteiger partial charge in [-0.1, -0.05) is 48.5 Å². The van der Waals surface area contributed by atoms with E-state index in [4.69, 9.17) is 0 Å². The summed E-state index contributed by atoms with van der Waals surface area (Å²) in [5, 5.41) is 24.0. The summed E-state index contributed by atoms with van der Waals surface area (Å²) in [5.41, 5.74) is 4.37. The molecule has 3 aromatic heterocycles. The second-order valence-electron chi connectivity index (χ2n) is 7.95. The van der Waals surface area contributed by atoms with Gasteiger partial charge in [0.1, 0.15) is 12.1 Å². The standard InChI is InChI=1S/C27H12N4O/c28-13-18-19(14-29)24-16-8-2-5-11-21(16)31-26(24)25-23(18)15-7-1-4-10-20(15)30(25)22-12-6-3-9-17(22)27(31)32/h1-12H. The van der Waals surface area contributed by atoms with Crippen molar-refractivity contribution >= 4 is 54.5 Å². The Labute approximate surface area is 180 Å². The van der Waals surface area contributed by atoms with Crippen LogP contribution in [0.3, 0.4) is 0 Å². The van der Waals surface area contributed by atoms with Crippen molar-refractivity contribution in [2.24, 2.45) is 0 Å². The predicted octanol–water partition coefficient (Wildman–Crippen LogP) is 5.35. The number of rotatable bonds is 0. The molecule has 4 aromatic carbocycles. The largest absolute Gasteiger partial charge is 0.306 e. The maximum Gasteiger partial charge on any atom is 0.265 e. The summed E-state index contributed by atoms with van der Waals surface area (Å²) in [6.07, 6.45) is 0. The van der Waals surface area contributed by atoms with Gasteiger partial charge in [-0.25, -0.2) is 0 Å². The van der Waals surface area contributed by atoms with Crippen molar-refractivity contribution in [3.8, 4) is 12.1 Å². The van der Waals surface area contributed by atoms with Crippen molar-refractivity contribution in [3.63, 3.8) is 0 Å². The Morgan fingerprint density at radius 3 is 1.50 bits per heavy atom. The van der Waals surface area contributed by atoms with Gasteiger partial charge in [0.2, 0.25) is 0 Å².